The summed E-state index contributed by atoms with van der Waals surface area (Å²) in [5.74, 6) is -0.538. The van der Waals surface area contributed by atoms with Crippen LogP contribution in [0.1, 0.15) is 16.8 Å². The van der Waals surface area contributed by atoms with Gasteiger partial charge in [-0.15, -0.1) is 11.8 Å². The molecule has 0 fully saturated rings. The number of benzene rings is 1. The molecule has 0 saturated heterocycles. The van der Waals surface area contributed by atoms with Gasteiger partial charge in [0.15, 0.2) is 0 Å². The molecule has 0 atom stereocenters. The van der Waals surface area contributed by atoms with Crippen molar-refractivity contribution in [2.24, 2.45) is 0 Å². The van der Waals surface area contributed by atoms with E-state index in [9.17, 15) is 23.2 Å². The predicted molar refractivity (Wildman–Crippen MR) is 94.7 cm³/mol. The Morgan fingerprint density at radius 3 is 2.74 bits per heavy atom. The molecular weight excluding hydrogens is 381 g/mol. The largest absolute Gasteiger partial charge is 0.416 e. The van der Waals surface area contributed by atoms with E-state index < -0.39 is 17.6 Å². The van der Waals surface area contributed by atoms with Crippen molar-refractivity contribution in [3.05, 3.63) is 41.1 Å². The minimum Gasteiger partial charge on any atom is -0.368 e. The van der Waals surface area contributed by atoms with Crippen LogP contribution in [0.5, 0.6) is 0 Å². The number of anilines is 2. The predicted octanol–water partition coefficient (Wildman–Crippen LogP) is 2.40. The number of halogens is 3. The maximum Gasteiger partial charge on any atom is 0.416 e. The number of rotatable bonds is 6. The lowest BCUT2D eigenvalue weighted by molar-refractivity contribution is -0.137. The third-order valence-electron chi connectivity index (χ3n) is 3.32. The molecule has 1 amide bonds. The zero-order chi connectivity index (χ0) is 20.0. The molecule has 0 aliphatic rings. The first kappa shape index (κ1) is 20.5. The molecule has 0 unspecified atom stereocenters. The molecule has 7 nitrogen and oxygen atoms in total. The lowest BCUT2D eigenvalue weighted by atomic mass is 10.2. The third kappa shape index (κ3) is 5.57. The summed E-state index contributed by atoms with van der Waals surface area (Å²) in [7, 11) is 0. The minimum atomic E-state index is -4.49. The molecular formula is C16H15F3N6OS. The summed E-state index contributed by atoms with van der Waals surface area (Å²) in [6.45, 7) is -0.126. The number of nitrogens with zero attached hydrogens (tertiary/aromatic N) is 3. The molecule has 11 heteroatoms. The van der Waals surface area contributed by atoms with Gasteiger partial charge >= 0.3 is 6.18 Å². The molecule has 0 saturated carbocycles. The van der Waals surface area contributed by atoms with Crippen LogP contribution in [0.2, 0.25) is 0 Å². The zero-order valence-corrected chi connectivity index (χ0v) is 14.9. The molecule has 2 rings (SSSR count). The number of amides is 1. The van der Waals surface area contributed by atoms with Crippen molar-refractivity contribution in [2.75, 3.05) is 23.9 Å². The van der Waals surface area contributed by atoms with Crippen molar-refractivity contribution in [3.63, 3.8) is 0 Å². The lowest BCUT2D eigenvalue weighted by Gasteiger charge is -2.11. The molecule has 0 spiro atoms. The van der Waals surface area contributed by atoms with Gasteiger partial charge in [0.05, 0.1) is 17.8 Å². The molecule has 4 N–H and O–H groups in total. The monoisotopic (exact) mass is 396 g/mol. The van der Waals surface area contributed by atoms with Crippen LogP contribution in [0.15, 0.2) is 29.3 Å². The summed E-state index contributed by atoms with van der Waals surface area (Å²) in [6, 6.07) is 6.32. The highest BCUT2D eigenvalue weighted by molar-refractivity contribution is 7.98. The SMILES string of the molecule is CSc1nc(N)nc(CNCC(=O)Nc2cccc(C(F)(F)F)c2)c1C#N. The van der Waals surface area contributed by atoms with E-state index in [1.54, 1.807) is 6.26 Å². The summed E-state index contributed by atoms with van der Waals surface area (Å²) in [6.07, 6.45) is -2.75. The van der Waals surface area contributed by atoms with Gasteiger partial charge in [0.1, 0.15) is 16.7 Å². The number of nitrogen functional groups attached to an aromatic ring is 1. The van der Waals surface area contributed by atoms with E-state index in [0.29, 0.717) is 10.7 Å². The second kappa shape index (κ2) is 8.70. The Hall–Kier alpha value is -2.84. The fourth-order valence-corrected chi connectivity index (χ4v) is 2.72. The van der Waals surface area contributed by atoms with Crippen LogP contribution >= 0.6 is 11.8 Å². The quantitative estimate of drug-likeness (QED) is 0.507. The standard InChI is InChI=1S/C16H15F3N6OS/c1-27-14-11(6-20)12(24-15(21)25-14)7-22-8-13(26)23-10-4-2-3-9(5-10)16(17,18)19/h2-5,22H,7-8H2,1H3,(H,23,26)(H2,21,24,25). The first-order chi connectivity index (χ1) is 12.7. The van der Waals surface area contributed by atoms with E-state index in [0.717, 1.165) is 12.1 Å². The summed E-state index contributed by atoms with van der Waals surface area (Å²) < 4.78 is 38.1. The molecule has 1 aromatic heterocycles. The number of nitrogens with two attached hydrogens (primary N) is 1. The number of hydrogen-bond acceptors (Lipinski definition) is 7. The van der Waals surface area contributed by atoms with E-state index in [2.05, 4.69) is 20.6 Å². The fourth-order valence-electron chi connectivity index (χ4n) is 2.16. The van der Waals surface area contributed by atoms with Crippen LogP contribution in [-0.2, 0) is 17.5 Å². The molecule has 142 valence electrons. The lowest BCUT2D eigenvalue weighted by Crippen LogP contribution is -2.28. The average Bonchev–Trinajstić information content (AvgIpc) is 2.60. The van der Waals surface area contributed by atoms with E-state index in [-0.39, 0.29) is 30.3 Å². The summed E-state index contributed by atoms with van der Waals surface area (Å²) in [5.41, 5.74) is 5.36. The van der Waals surface area contributed by atoms with Gasteiger partial charge in [0.2, 0.25) is 11.9 Å². The second-order valence-electron chi connectivity index (χ2n) is 5.25. The van der Waals surface area contributed by atoms with Gasteiger partial charge in [0, 0.05) is 12.2 Å². The van der Waals surface area contributed by atoms with Crippen LogP contribution in [0.4, 0.5) is 24.8 Å². The van der Waals surface area contributed by atoms with Crippen molar-refractivity contribution in [2.45, 2.75) is 17.7 Å². The number of nitriles is 1. The Morgan fingerprint density at radius 1 is 1.37 bits per heavy atom. The van der Waals surface area contributed by atoms with E-state index >= 15 is 0 Å². The van der Waals surface area contributed by atoms with Gasteiger partial charge in [-0.25, -0.2) is 9.97 Å². The van der Waals surface area contributed by atoms with Crippen molar-refractivity contribution in [1.82, 2.24) is 15.3 Å². The number of thioether (sulfide) groups is 1. The van der Waals surface area contributed by atoms with Crippen LogP contribution < -0.4 is 16.4 Å². The number of alkyl halides is 3. The summed E-state index contributed by atoms with van der Waals surface area (Å²) in [5, 5.41) is 14.8. The minimum absolute atomic E-state index is 0.00330. The highest BCUT2D eigenvalue weighted by Gasteiger charge is 2.30. The molecule has 0 aliphatic heterocycles. The topological polar surface area (TPSA) is 117 Å². The summed E-state index contributed by atoms with van der Waals surface area (Å²) >= 11 is 1.24. The molecule has 0 radical (unpaired) electrons. The molecule has 27 heavy (non-hydrogen) atoms. The Bertz CT molecular complexity index is 881. The Kier molecular flexibility index (Phi) is 6.59. The van der Waals surface area contributed by atoms with Gasteiger partial charge in [-0.3, -0.25) is 4.79 Å². The fraction of sp³-hybridized carbons (Fsp3) is 0.250. The van der Waals surface area contributed by atoms with Crippen LogP contribution in [0, 0.1) is 11.3 Å². The van der Waals surface area contributed by atoms with Crippen molar-refractivity contribution in [1.29, 1.82) is 5.26 Å². The molecule has 0 bridgehead atoms. The smallest absolute Gasteiger partial charge is 0.368 e. The maximum absolute atomic E-state index is 12.7. The third-order valence-corrected chi connectivity index (χ3v) is 4.01. The van der Waals surface area contributed by atoms with Crippen LogP contribution in [0.25, 0.3) is 0 Å². The maximum atomic E-state index is 12.7. The molecule has 2 aromatic rings. The Balaban J connectivity index is 1.98. The average molecular weight is 396 g/mol. The number of carbonyl (C=O) groups excluding carboxylic acids is 1. The van der Waals surface area contributed by atoms with Crippen LogP contribution in [0.3, 0.4) is 0 Å². The van der Waals surface area contributed by atoms with Gasteiger partial charge in [-0.1, -0.05) is 6.07 Å². The highest BCUT2D eigenvalue weighted by atomic mass is 32.2. The van der Waals surface area contributed by atoms with Crippen molar-refractivity contribution in [3.8, 4) is 6.07 Å². The van der Waals surface area contributed by atoms with E-state index in [1.807, 2.05) is 6.07 Å². The first-order valence-electron chi connectivity index (χ1n) is 7.53. The highest BCUT2D eigenvalue weighted by Crippen LogP contribution is 2.30. The molecule has 0 aliphatic carbocycles. The number of carbonyl (C=O) groups is 1. The Labute approximate surface area is 157 Å². The number of aromatic nitrogens is 2. The number of nitrogens with one attached hydrogen (secondary N) is 2. The van der Waals surface area contributed by atoms with Crippen molar-refractivity contribution >= 4 is 29.3 Å². The molecule has 1 aromatic carbocycles. The molecule has 1 heterocycles. The van der Waals surface area contributed by atoms with E-state index in [4.69, 9.17) is 5.73 Å². The Morgan fingerprint density at radius 2 is 2.11 bits per heavy atom. The van der Waals surface area contributed by atoms with E-state index in [1.165, 1.54) is 23.9 Å². The normalized spacial score (nSPS) is 11.1. The van der Waals surface area contributed by atoms with Gasteiger partial charge in [0.25, 0.3) is 0 Å². The van der Waals surface area contributed by atoms with Crippen LogP contribution in [-0.4, -0.2) is 28.7 Å². The van der Waals surface area contributed by atoms with Gasteiger partial charge in [-0.05, 0) is 24.5 Å². The number of hydrogen-bond donors (Lipinski definition) is 3. The van der Waals surface area contributed by atoms with Gasteiger partial charge < -0.3 is 16.4 Å². The second-order valence-corrected chi connectivity index (χ2v) is 6.05. The zero-order valence-electron chi connectivity index (χ0n) is 14.1. The van der Waals surface area contributed by atoms with Crippen molar-refractivity contribution < 1.29 is 18.0 Å². The summed E-state index contributed by atoms with van der Waals surface area (Å²) in [4.78, 5) is 19.9. The van der Waals surface area contributed by atoms with Gasteiger partial charge in [-0.2, -0.15) is 18.4 Å². The first-order valence-corrected chi connectivity index (χ1v) is 8.75.